The van der Waals surface area contributed by atoms with E-state index in [0.29, 0.717) is 31.7 Å². The van der Waals surface area contributed by atoms with Crippen molar-refractivity contribution in [2.45, 2.75) is 65.5 Å². The van der Waals surface area contributed by atoms with E-state index in [0.717, 1.165) is 47.6 Å². The summed E-state index contributed by atoms with van der Waals surface area (Å²) in [5, 5.41) is 6.24. The largest absolute Gasteiger partial charge is 0.488 e. The number of amides is 2. The highest BCUT2D eigenvalue weighted by Crippen LogP contribution is 2.34. The van der Waals surface area contributed by atoms with E-state index in [1.54, 1.807) is 11.9 Å². The summed E-state index contributed by atoms with van der Waals surface area (Å²) in [7, 11) is 1.63. The molecule has 2 aromatic rings. The van der Waals surface area contributed by atoms with Gasteiger partial charge in [-0.05, 0) is 69.4 Å². The van der Waals surface area contributed by atoms with Crippen LogP contribution >= 0.6 is 0 Å². The van der Waals surface area contributed by atoms with Crippen LogP contribution in [0.2, 0.25) is 0 Å². The van der Waals surface area contributed by atoms with Gasteiger partial charge in [-0.15, -0.1) is 0 Å². The summed E-state index contributed by atoms with van der Waals surface area (Å²) in [4.78, 5) is 27.1. The van der Waals surface area contributed by atoms with Crippen LogP contribution in [0.5, 0.6) is 11.5 Å². The maximum Gasteiger partial charge on any atom is 0.253 e. The molecule has 7 nitrogen and oxygen atoms in total. The molecule has 0 saturated heterocycles. The lowest BCUT2D eigenvalue weighted by molar-refractivity contribution is -0.118. The molecule has 35 heavy (non-hydrogen) atoms. The molecule has 1 atom stereocenters. The van der Waals surface area contributed by atoms with Crippen molar-refractivity contribution in [2.24, 2.45) is 0 Å². The van der Waals surface area contributed by atoms with E-state index in [1.165, 1.54) is 0 Å². The normalized spacial score (nSPS) is 13.5. The van der Waals surface area contributed by atoms with Crippen molar-refractivity contribution < 1.29 is 19.1 Å². The van der Waals surface area contributed by atoms with Gasteiger partial charge in [-0.2, -0.15) is 0 Å². The molecule has 1 aliphatic heterocycles. The molecule has 0 fully saturated rings. The molecule has 0 aliphatic carbocycles. The second-order valence-electron chi connectivity index (χ2n) is 9.30. The number of hydrogen-bond acceptors (Lipinski definition) is 5. The fraction of sp³-hybridized carbons (Fsp3) is 0.500. The number of para-hydroxylation sites is 2. The monoisotopic (exact) mass is 481 g/mol. The Morgan fingerprint density at radius 2 is 1.86 bits per heavy atom. The van der Waals surface area contributed by atoms with Gasteiger partial charge in [-0.3, -0.25) is 9.59 Å². The zero-order chi connectivity index (χ0) is 25.4. The van der Waals surface area contributed by atoms with Crippen molar-refractivity contribution in [1.82, 2.24) is 10.6 Å². The van der Waals surface area contributed by atoms with E-state index < -0.39 is 0 Å². The van der Waals surface area contributed by atoms with Crippen molar-refractivity contribution >= 4 is 17.5 Å². The van der Waals surface area contributed by atoms with Crippen molar-refractivity contribution in [3.05, 3.63) is 53.1 Å². The van der Waals surface area contributed by atoms with Crippen LogP contribution in [0.15, 0.2) is 36.4 Å². The Balaban J connectivity index is 1.61. The summed E-state index contributed by atoms with van der Waals surface area (Å²) in [5.41, 5.74) is 3.52. The highest BCUT2D eigenvalue weighted by atomic mass is 16.5. The van der Waals surface area contributed by atoms with Crippen LogP contribution in [0.25, 0.3) is 0 Å². The average molecular weight is 482 g/mol. The third kappa shape index (κ3) is 6.98. The van der Waals surface area contributed by atoms with E-state index >= 15 is 0 Å². The maximum absolute atomic E-state index is 12.7. The minimum absolute atomic E-state index is 0.0829. The first kappa shape index (κ1) is 26.5. The first-order valence-electron chi connectivity index (χ1n) is 12.6. The van der Waals surface area contributed by atoms with Crippen molar-refractivity contribution in [1.29, 1.82) is 0 Å². The average Bonchev–Trinajstić information content (AvgIpc) is 3.25. The van der Waals surface area contributed by atoms with Crippen molar-refractivity contribution in [2.75, 3.05) is 31.6 Å². The molecule has 7 heteroatoms. The SMILES string of the molecule is CCCC(=O)N1CCc2cc(CC(C)NCCOc3ccccc3OC(C)C)cc(C(=O)NC)c21. The molecule has 2 amide bonds. The van der Waals surface area contributed by atoms with Gasteiger partial charge in [0.05, 0.1) is 17.4 Å². The number of nitrogens with zero attached hydrogens (tertiary/aromatic N) is 1. The maximum atomic E-state index is 12.7. The van der Waals surface area contributed by atoms with Crippen molar-refractivity contribution in [3.63, 3.8) is 0 Å². The summed E-state index contributed by atoms with van der Waals surface area (Å²) in [5.74, 6) is 1.42. The number of carbonyl (C=O) groups excluding carboxylic acids is 2. The van der Waals surface area contributed by atoms with Gasteiger partial charge in [-0.1, -0.05) is 25.1 Å². The van der Waals surface area contributed by atoms with Gasteiger partial charge in [0.2, 0.25) is 5.91 Å². The van der Waals surface area contributed by atoms with Gasteiger partial charge in [0, 0.05) is 32.6 Å². The molecule has 0 aromatic heterocycles. The second kappa shape index (κ2) is 12.6. The third-order valence-corrected chi connectivity index (χ3v) is 5.97. The van der Waals surface area contributed by atoms with Crippen LogP contribution in [0.4, 0.5) is 5.69 Å². The minimum atomic E-state index is -0.157. The quantitative estimate of drug-likeness (QED) is 0.446. The number of rotatable bonds is 12. The summed E-state index contributed by atoms with van der Waals surface area (Å²) in [6, 6.07) is 12.0. The molecule has 2 aromatic carbocycles. The molecule has 190 valence electrons. The summed E-state index contributed by atoms with van der Waals surface area (Å²) in [6.07, 6.45) is 2.91. The first-order chi connectivity index (χ1) is 16.8. The number of nitrogens with one attached hydrogen (secondary N) is 2. The molecule has 0 radical (unpaired) electrons. The predicted octanol–water partition coefficient (Wildman–Crippen LogP) is 4.12. The number of carbonyl (C=O) groups is 2. The first-order valence-corrected chi connectivity index (χ1v) is 12.6. The molecule has 0 bridgehead atoms. The third-order valence-electron chi connectivity index (χ3n) is 5.97. The molecule has 1 unspecified atom stereocenters. The lowest BCUT2D eigenvalue weighted by Crippen LogP contribution is -2.32. The van der Waals surface area contributed by atoms with Crippen molar-refractivity contribution in [3.8, 4) is 11.5 Å². The van der Waals surface area contributed by atoms with Gasteiger partial charge < -0.3 is 25.0 Å². The number of anilines is 1. The summed E-state index contributed by atoms with van der Waals surface area (Å²) in [6.45, 7) is 9.95. The number of hydrogen-bond donors (Lipinski definition) is 2. The Morgan fingerprint density at radius 1 is 1.11 bits per heavy atom. The highest BCUT2D eigenvalue weighted by molar-refractivity contribution is 6.06. The van der Waals surface area contributed by atoms with Crippen LogP contribution in [-0.2, 0) is 17.6 Å². The van der Waals surface area contributed by atoms with Crippen LogP contribution in [0.3, 0.4) is 0 Å². The Morgan fingerprint density at radius 3 is 2.54 bits per heavy atom. The van der Waals surface area contributed by atoms with Gasteiger partial charge >= 0.3 is 0 Å². The fourth-order valence-electron chi connectivity index (χ4n) is 4.45. The summed E-state index contributed by atoms with van der Waals surface area (Å²) >= 11 is 0. The Bertz CT molecular complexity index is 1020. The number of benzene rings is 2. The van der Waals surface area contributed by atoms with Crippen LogP contribution in [-0.4, -0.2) is 50.7 Å². The van der Waals surface area contributed by atoms with E-state index in [1.807, 2.05) is 51.1 Å². The van der Waals surface area contributed by atoms with Gasteiger partial charge in [0.25, 0.3) is 5.91 Å². The molecule has 0 saturated carbocycles. The van der Waals surface area contributed by atoms with E-state index in [2.05, 4.69) is 23.6 Å². The Hall–Kier alpha value is -3.06. The predicted molar refractivity (Wildman–Crippen MR) is 140 cm³/mol. The number of fused-ring (bicyclic) bond motifs is 1. The molecule has 1 aliphatic rings. The molecular formula is C28H39N3O4. The zero-order valence-electron chi connectivity index (χ0n) is 21.6. The molecule has 3 rings (SSSR count). The smallest absolute Gasteiger partial charge is 0.253 e. The van der Waals surface area contributed by atoms with Crippen LogP contribution < -0.4 is 25.0 Å². The van der Waals surface area contributed by atoms with Gasteiger partial charge in [0.1, 0.15) is 6.61 Å². The lowest BCUT2D eigenvalue weighted by atomic mass is 9.98. The molecule has 0 spiro atoms. The number of ether oxygens (including phenoxy) is 2. The molecule has 2 N–H and O–H groups in total. The van der Waals surface area contributed by atoms with E-state index in [-0.39, 0.29) is 24.0 Å². The van der Waals surface area contributed by atoms with Crippen LogP contribution in [0.1, 0.15) is 62.0 Å². The zero-order valence-corrected chi connectivity index (χ0v) is 21.6. The molecular weight excluding hydrogens is 442 g/mol. The molecule has 1 heterocycles. The summed E-state index contributed by atoms with van der Waals surface area (Å²) < 4.78 is 11.8. The Kier molecular flexibility index (Phi) is 9.55. The van der Waals surface area contributed by atoms with Gasteiger partial charge in [-0.25, -0.2) is 0 Å². The second-order valence-corrected chi connectivity index (χ2v) is 9.30. The fourth-order valence-corrected chi connectivity index (χ4v) is 4.45. The van der Waals surface area contributed by atoms with Crippen LogP contribution in [0, 0.1) is 0 Å². The topological polar surface area (TPSA) is 79.9 Å². The minimum Gasteiger partial charge on any atom is -0.488 e. The standard InChI is InChI=1S/C28H39N3O4/c1-6-9-26(32)31-14-12-22-17-21(18-23(27(22)31)28(33)29-5)16-20(4)30-13-15-34-24-10-7-8-11-25(24)35-19(2)3/h7-8,10-11,17-20,30H,6,9,12-16H2,1-5H3,(H,29,33). The van der Waals surface area contributed by atoms with E-state index in [4.69, 9.17) is 9.47 Å². The van der Waals surface area contributed by atoms with E-state index in [9.17, 15) is 9.59 Å². The lowest BCUT2D eigenvalue weighted by Gasteiger charge is -2.21. The highest BCUT2D eigenvalue weighted by Gasteiger charge is 2.29. The Labute approximate surface area is 209 Å². The van der Waals surface area contributed by atoms with Gasteiger partial charge in [0.15, 0.2) is 11.5 Å².